The SMILES string of the molecule is CC(=O)Nc1ccc(CNCC2CN(C3CC3)CCO2)cc1. The Morgan fingerprint density at radius 1 is 1.32 bits per heavy atom. The second kappa shape index (κ2) is 7.22. The average Bonchev–Trinajstić information content (AvgIpc) is 3.34. The van der Waals surface area contributed by atoms with Gasteiger partial charge in [0.05, 0.1) is 12.7 Å². The summed E-state index contributed by atoms with van der Waals surface area (Å²) >= 11 is 0. The van der Waals surface area contributed by atoms with Gasteiger partial charge in [-0.3, -0.25) is 9.69 Å². The molecule has 0 radical (unpaired) electrons. The number of amides is 1. The predicted molar refractivity (Wildman–Crippen MR) is 86.8 cm³/mol. The van der Waals surface area contributed by atoms with E-state index in [0.29, 0.717) is 6.10 Å². The van der Waals surface area contributed by atoms with Crippen LogP contribution in [0, 0.1) is 0 Å². The highest BCUT2D eigenvalue weighted by Crippen LogP contribution is 2.28. The van der Waals surface area contributed by atoms with Crippen molar-refractivity contribution in [3.63, 3.8) is 0 Å². The molecule has 1 amide bonds. The molecule has 1 aliphatic carbocycles. The molecule has 2 aliphatic rings. The van der Waals surface area contributed by atoms with Crippen LogP contribution in [0.3, 0.4) is 0 Å². The van der Waals surface area contributed by atoms with Crippen molar-refractivity contribution in [3.8, 4) is 0 Å². The van der Waals surface area contributed by atoms with Crippen molar-refractivity contribution in [2.45, 2.75) is 38.5 Å². The van der Waals surface area contributed by atoms with Gasteiger partial charge >= 0.3 is 0 Å². The molecule has 2 N–H and O–H groups in total. The number of nitrogens with one attached hydrogen (secondary N) is 2. The van der Waals surface area contributed by atoms with Crippen LogP contribution >= 0.6 is 0 Å². The number of nitrogens with zero attached hydrogens (tertiary/aromatic N) is 1. The van der Waals surface area contributed by atoms with Gasteiger partial charge in [-0.25, -0.2) is 0 Å². The Kier molecular flexibility index (Phi) is 5.08. The number of carbonyl (C=O) groups is 1. The van der Waals surface area contributed by atoms with Crippen LogP contribution in [0.1, 0.15) is 25.3 Å². The lowest BCUT2D eigenvalue weighted by atomic mass is 10.2. The van der Waals surface area contributed by atoms with Crippen LogP contribution in [0.25, 0.3) is 0 Å². The second-order valence-electron chi connectivity index (χ2n) is 6.23. The van der Waals surface area contributed by atoms with Gasteiger partial charge in [-0.15, -0.1) is 0 Å². The first-order valence-corrected chi connectivity index (χ1v) is 8.13. The fourth-order valence-electron chi connectivity index (χ4n) is 2.92. The third-order valence-corrected chi connectivity index (χ3v) is 4.21. The van der Waals surface area contributed by atoms with Gasteiger partial charge in [-0.2, -0.15) is 0 Å². The Morgan fingerprint density at radius 2 is 2.09 bits per heavy atom. The average molecular weight is 303 g/mol. The fourth-order valence-corrected chi connectivity index (χ4v) is 2.92. The van der Waals surface area contributed by atoms with E-state index in [4.69, 9.17) is 4.74 Å². The maximum atomic E-state index is 11.0. The third-order valence-electron chi connectivity index (χ3n) is 4.21. The molecule has 22 heavy (non-hydrogen) atoms. The van der Waals surface area contributed by atoms with Gasteiger partial charge in [-0.1, -0.05) is 12.1 Å². The zero-order valence-corrected chi connectivity index (χ0v) is 13.2. The number of carbonyl (C=O) groups excluding carboxylic acids is 1. The smallest absolute Gasteiger partial charge is 0.221 e. The molecule has 0 spiro atoms. The lowest BCUT2D eigenvalue weighted by molar-refractivity contribution is -0.114. The van der Waals surface area contributed by atoms with E-state index >= 15 is 0 Å². The van der Waals surface area contributed by atoms with Gasteiger partial charge in [0.15, 0.2) is 0 Å². The molecule has 2 fully saturated rings. The summed E-state index contributed by atoms with van der Waals surface area (Å²) in [6.45, 7) is 6.23. The standard InChI is InChI=1S/C17H25N3O2/c1-13(21)19-15-4-2-14(3-5-15)10-18-11-17-12-20(8-9-22-17)16-6-7-16/h2-5,16-18H,6-12H2,1H3,(H,19,21). The molecule has 0 aromatic heterocycles. The molecule has 1 saturated carbocycles. The largest absolute Gasteiger partial charge is 0.374 e. The van der Waals surface area contributed by atoms with Gasteiger partial charge in [0, 0.05) is 44.8 Å². The topological polar surface area (TPSA) is 53.6 Å². The van der Waals surface area contributed by atoms with E-state index < -0.39 is 0 Å². The predicted octanol–water partition coefficient (Wildman–Crippen LogP) is 1.60. The molecule has 5 nitrogen and oxygen atoms in total. The van der Waals surface area contributed by atoms with Crippen molar-refractivity contribution in [2.24, 2.45) is 0 Å². The van der Waals surface area contributed by atoms with Gasteiger partial charge < -0.3 is 15.4 Å². The van der Waals surface area contributed by atoms with Crippen LogP contribution in [-0.2, 0) is 16.1 Å². The summed E-state index contributed by atoms with van der Waals surface area (Å²) < 4.78 is 5.84. The lowest BCUT2D eigenvalue weighted by Gasteiger charge is -2.33. The number of hydrogen-bond donors (Lipinski definition) is 2. The molecule has 1 heterocycles. The van der Waals surface area contributed by atoms with Gasteiger partial charge in [-0.05, 0) is 30.5 Å². The molecular formula is C17H25N3O2. The first-order chi connectivity index (χ1) is 10.7. The Morgan fingerprint density at radius 3 is 2.77 bits per heavy atom. The minimum absolute atomic E-state index is 0.0412. The molecule has 1 aromatic rings. The van der Waals surface area contributed by atoms with Crippen molar-refractivity contribution in [2.75, 3.05) is 31.6 Å². The fraction of sp³-hybridized carbons (Fsp3) is 0.588. The van der Waals surface area contributed by atoms with E-state index in [9.17, 15) is 4.79 Å². The molecule has 1 unspecified atom stereocenters. The minimum atomic E-state index is -0.0412. The number of benzene rings is 1. The number of morpholine rings is 1. The van der Waals surface area contributed by atoms with Crippen LogP contribution < -0.4 is 10.6 Å². The monoisotopic (exact) mass is 303 g/mol. The van der Waals surface area contributed by atoms with E-state index in [0.717, 1.165) is 44.5 Å². The summed E-state index contributed by atoms with van der Waals surface area (Å²) in [7, 11) is 0. The van der Waals surface area contributed by atoms with E-state index in [2.05, 4.69) is 15.5 Å². The van der Waals surface area contributed by atoms with Gasteiger partial charge in [0.25, 0.3) is 0 Å². The molecule has 1 saturated heterocycles. The third kappa shape index (κ3) is 4.53. The Labute approximate surface area is 132 Å². The first-order valence-electron chi connectivity index (χ1n) is 8.13. The van der Waals surface area contributed by atoms with Crippen LogP contribution in [0.15, 0.2) is 24.3 Å². The normalized spacial score (nSPS) is 22.5. The summed E-state index contributed by atoms with van der Waals surface area (Å²) in [5, 5.41) is 6.25. The van der Waals surface area contributed by atoms with E-state index in [-0.39, 0.29) is 5.91 Å². The summed E-state index contributed by atoms with van der Waals surface area (Å²) in [4.78, 5) is 13.6. The number of rotatable bonds is 6. The summed E-state index contributed by atoms with van der Waals surface area (Å²) in [6.07, 6.45) is 3.02. The highest BCUT2D eigenvalue weighted by Gasteiger charge is 2.32. The quantitative estimate of drug-likeness (QED) is 0.838. The second-order valence-corrected chi connectivity index (χ2v) is 6.23. The summed E-state index contributed by atoms with van der Waals surface area (Å²) in [6, 6.07) is 8.77. The first kappa shape index (κ1) is 15.5. The Bertz CT molecular complexity index is 499. The van der Waals surface area contributed by atoms with Crippen molar-refractivity contribution < 1.29 is 9.53 Å². The molecule has 1 atom stereocenters. The number of ether oxygens (including phenoxy) is 1. The minimum Gasteiger partial charge on any atom is -0.374 e. The van der Waals surface area contributed by atoms with E-state index in [1.165, 1.54) is 25.3 Å². The zero-order chi connectivity index (χ0) is 15.4. The van der Waals surface area contributed by atoms with Crippen molar-refractivity contribution in [3.05, 3.63) is 29.8 Å². The molecular weight excluding hydrogens is 278 g/mol. The zero-order valence-electron chi connectivity index (χ0n) is 13.2. The molecule has 3 rings (SSSR count). The lowest BCUT2D eigenvalue weighted by Crippen LogP contribution is -2.47. The van der Waals surface area contributed by atoms with Crippen LogP contribution in [0.5, 0.6) is 0 Å². The van der Waals surface area contributed by atoms with Crippen molar-refractivity contribution in [1.29, 1.82) is 0 Å². The van der Waals surface area contributed by atoms with Crippen molar-refractivity contribution in [1.82, 2.24) is 10.2 Å². The summed E-state index contributed by atoms with van der Waals surface area (Å²) in [5.41, 5.74) is 2.05. The Hall–Kier alpha value is -1.43. The van der Waals surface area contributed by atoms with Crippen LogP contribution in [-0.4, -0.2) is 49.2 Å². The maximum absolute atomic E-state index is 11.0. The Balaban J connectivity index is 1.39. The molecule has 5 heteroatoms. The van der Waals surface area contributed by atoms with Crippen LogP contribution in [0.4, 0.5) is 5.69 Å². The number of anilines is 1. The number of hydrogen-bond acceptors (Lipinski definition) is 4. The van der Waals surface area contributed by atoms with Crippen LogP contribution in [0.2, 0.25) is 0 Å². The highest BCUT2D eigenvalue weighted by molar-refractivity contribution is 5.88. The molecule has 1 aliphatic heterocycles. The van der Waals surface area contributed by atoms with E-state index in [1.807, 2.05) is 24.3 Å². The van der Waals surface area contributed by atoms with E-state index in [1.54, 1.807) is 0 Å². The van der Waals surface area contributed by atoms with Gasteiger partial charge in [0.1, 0.15) is 0 Å². The van der Waals surface area contributed by atoms with Gasteiger partial charge in [0.2, 0.25) is 5.91 Å². The van der Waals surface area contributed by atoms with Crippen molar-refractivity contribution >= 4 is 11.6 Å². The molecule has 120 valence electrons. The molecule has 0 bridgehead atoms. The summed E-state index contributed by atoms with van der Waals surface area (Å²) in [5.74, 6) is -0.0412. The molecule has 1 aromatic carbocycles. The maximum Gasteiger partial charge on any atom is 0.221 e. The highest BCUT2D eigenvalue weighted by atomic mass is 16.5.